The summed E-state index contributed by atoms with van der Waals surface area (Å²) in [5.41, 5.74) is 0. The van der Waals surface area contributed by atoms with Crippen molar-refractivity contribution in [3.05, 3.63) is 17.2 Å². The number of nitrogens with zero attached hydrogens (tertiary/aromatic N) is 2. The van der Waals surface area contributed by atoms with Gasteiger partial charge in [0.15, 0.2) is 0 Å². The van der Waals surface area contributed by atoms with Gasteiger partial charge in [-0.15, -0.1) is 0 Å². The first-order valence-corrected chi connectivity index (χ1v) is 5.52. The molecule has 1 aliphatic carbocycles. The monoisotopic (exact) mass is 213 g/mol. The molecule has 0 aliphatic heterocycles. The number of hydrogen-bond donors (Lipinski definition) is 1. The second kappa shape index (κ2) is 4.32. The Hall–Kier alpha value is -0.540. The van der Waals surface area contributed by atoms with Gasteiger partial charge in [0, 0.05) is 7.05 Å². The highest BCUT2D eigenvalue weighted by molar-refractivity contribution is 6.29. The molecular formula is C10H16ClN3. The van der Waals surface area contributed by atoms with Gasteiger partial charge >= 0.3 is 0 Å². The summed E-state index contributed by atoms with van der Waals surface area (Å²) in [4.78, 5) is 4.22. The van der Waals surface area contributed by atoms with Gasteiger partial charge in [-0.25, -0.2) is 4.98 Å². The first kappa shape index (κ1) is 9.99. The first-order valence-electron chi connectivity index (χ1n) is 5.14. The van der Waals surface area contributed by atoms with Gasteiger partial charge in [-0.05, 0) is 18.9 Å². The average Bonchev–Trinajstić information content (AvgIpc) is 2.94. The summed E-state index contributed by atoms with van der Waals surface area (Å²) in [5.74, 6) is 2.00. The molecule has 1 saturated carbocycles. The summed E-state index contributed by atoms with van der Waals surface area (Å²) >= 11 is 5.88. The van der Waals surface area contributed by atoms with E-state index in [0.29, 0.717) is 5.15 Å². The molecule has 78 valence electrons. The van der Waals surface area contributed by atoms with Gasteiger partial charge in [0.1, 0.15) is 11.0 Å². The average molecular weight is 214 g/mol. The van der Waals surface area contributed by atoms with Crippen LogP contribution in [-0.4, -0.2) is 16.1 Å². The van der Waals surface area contributed by atoms with Crippen molar-refractivity contribution in [2.75, 3.05) is 6.54 Å². The molecule has 0 spiro atoms. The molecule has 0 amide bonds. The zero-order chi connectivity index (χ0) is 9.97. The van der Waals surface area contributed by atoms with Gasteiger partial charge in [0.05, 0.1) is 12.7 Å². The molecule has 0 bridgehead atoms. The standard InChI is InChI=1S/C10H16ClN3/c1-14-9(11)6-13-10(14)7-12-5-4-8-2-3-8/h6,8,12H,2-5,7H2,1H3. The van der Waals surface area contributed by atoms with Crippen LogP contribution in [0.15, 0.2) is 6.20 Å². The van der Waals surface area contributed by atoms with Crippen molar-refractivity contribution in [3.8, 4) is 0 Å². The molecule has 0 atom stereocenters. The lowest BCUT2D eigenvalue weighted by Gasteiger charge is -2.04. The molecule has 0 saturated heterocycles. The van der Waals surface area contributed by atoms with Crippen LogP contribution in [0.25, 0.3) is 0 Å². The van der Waals surface area contributed by atoms with Crippen molar-refractivity contribution in [1.29, 1.82) is 0 Å². The first-order chi connectivity index (χ1) is 6.77. The van der Waals surface area contributed by atoms with Gasteiger partial charge in [-0.3, -0.25) is 0 Å². The second-order valence-corrected chi connectivity index (χ2v) is 4.35. The molecule has 3 nitrogen and oxygen atoms in total. The Morgan fingerprint density at radius 3 is 3.00 bits per heavy atom. The zero-order valence-electron chi connectivity index (χ0n) is 8.46. The van der Waals surface area contributed by atoms with E-state index >= 15 is 0 Å². The molecule has 4 heteroatoms. The van der Waals surface area contributed by atoms with Crippen LogP contribution in [0, 0.1) is 5.92 Å². The molecule has 1 heterocycles. The fraction of sp³-hybridized carbons (Fsp3) is 0.700. The Bertz CT molecular complexity index is 304. The maximum Gasteiger partial charge on any atom is 0.128 e. The third-order valence-corrected chi connectivity index (χ3v) is 3.09. The minimum Gasteiger partial charge on any atom is -0.321 e. The normalized spacial score (nSPS) is 16.1. The largest absolute Gasteiger partial charge is 0.321 e. The van der Waals surface area contributed by atoms with Crippen LogP contribution in [0.4, 0.5) is 0 Å². The third-order valence-electron chi connectivity index (χ3n) is 2.74. The van der Waals surface area contributed by atoms with E-state index in [0.717, 1.165) is 24.8 Å². The van der Waals surface area contributed by atoms with Crippen LogP contribution < -0.4 is 5.32 Å². The molecular weight excluding hydrogens is 198 g/mol. The van der Waals surface area contributed by atoms with Crippen molar-refractivity contribution in [3.63, 3.8) is 0 Å². The van der Waals surface area contributed by atoms with Crippen LogP contribution in [0.3, 0.4) is 0 Å². The molecule has 1 aliphatic rings. The number of hydrogen-bond acceptors (Lipinski definition) is 2. The van der Waals surface area contributed by atoms with Crippen molar-refractivity contribution >= 4 is 11.6 Å². The highest BCUT2D eigenvalue weighted by atomic mass is 35.5. The Morgan fingerprint density at radius 2 is 2.43 bits per heavy atom. The van der Waals surface area contributed by atoms with Gasteiger partial charge < -0.3 is 9.88 Å². The SMILES string of the molecule is Cn1c(Cl)cnc1CNCCC1CC1. The Kier molecular flexibility index (Phi) is 3.08. The second-order valence-electron chi connectivity index (χ2n) is 3.96. The highest BCUT2D eigenvalue weighted by Gasteiger charge is 2.19. The van der Waals surface area contributed by atoms with Gasteiger partial charge in [-0.2, -0.15) is 0 Å². The fourth-order valence-electron chi connectivity index (χ4n) is 1.50. The topological polar surface area (TPSA) is 29.9 Å². The number of imidazole rings is 1. The van der Waals surface area contributed by atoms with Crippen LogP contribution in [0.1, 0.15) is 25.1 Å². The van der Waals surface area contributed by atoms with E-state index in [9.17, 15) is 0 Å². The molecule has 1 fully saturated rings. The predicted octanol–water partition coefficient (Wildman–Crippen LogP) is 1.96. The lowest BCUT2D eigenvalue weighted by molar-refractivity contribution is 0.588. The van der Waals surface area contributed by atoms with Crippen molar-refractivity contribution < 1.29 is 0 Å². The maximum atomic E-state index is 5.88. The van der Waals surface area contributed by atoms with Crippen LogP contribution in [-0.2, 0) is 13.6 Å². The molecule has 1 N–H and O–H groups in total. The number of nitrogens with one attached hydrogen (secondary N) is 1. The van der Waals surface area contributed by atoms with Gasteiger partial charge in [0.25, 0.3) is 0 Å². The Morgan fingerprint density at radius 1 is 1.64 bits per heavy atom. The molecule has 1 aromatic heterocycles. The molecule has 0 radical (unpaired) electrons. The quantitative estimate of drug-likeness (QED) is 0.758. The summed E-state index contributed by atoms with van der Waals surface area (Å²) in [6, 6.07) is 0. The molecule has 2 rings (SSSR count). The van der Waals surface area contributed by atoms with Crippen molar-refractivity contribution in [2.45, 2.75) is 25.8 Å². The number of halogens is 1. The van der Waals surface area contributed by atoms with E-state index in [2.05, 4.69) is 10.3 Å². The summed E-state index contributed by atoms with van der Waals surface area (Å²) < 4.78 is 1.91. The summed E-state index contributed by atoms with van der Waals surface area (Å²) in [6.45, 7) is 1.91. The lowest BCUT2D eigenvalue weighted by atomic mass is 10.3. The van der Waals surface area contributed by atoms with Crippen molar-refractivity contribution in [1.82, 2.24) is 14.9 Å². The zero-order valence-corrected chi connectivity index (χ0v) is 9.22. The summed E-state index contributed by atoms with van der Waals surface area (Å²) in [6.07, 6.45) is 5.85. The molecule has 0 aromatic carbocycles. The van der Waals surface area contributed by atoms with Gasteiger partial charge in [0.2, 0.25) is 0 Å². The van der Waals surface area contributed by atoms with E-state index in [4.69, 9.17) is 11.6 Å². The molecule has 14 heavy (non-hydrogen) atoms. The predicted molar refractivity (Wildman–Crippen MR) is 57.3 cm³/mol. The number of aromatic nitrogens is 2. The summed E-state index contributed by atoms with van der Waals surface area (Å²) in [5, 5.41) is 4.08. The molecule has 1 aromatic rings. The third kappa shape index (κ3) is 2.49. The summed E-state index contributed by atoms with van der Waals surface area (Å²) in [7, 11) is 1.94. The Labute approximate surface area is 89.5 Å². The maximum absolute atomic E-state index is 5.88. The molecule has 0 unspecified atom stereocenters. The van der Waals surface area contributed by atoms with Crippen LogP contribution in [0.2, 0.25) is 5.15 Å². The van der Waals surface area contributed by atoms with Crippen LogP contribution >= 0.6 is 11.6 Å². The van der Waals surface area contributed by atoms with E-state index in [1.54, 1.807) is 6.20 Å². The Balaban J connectivity index is 1.71. The minimum absolute atomic E-state index is 0.698. The van der Waals surface area contributed by atoms with Crippen molar-refractivity contribution in [2.24, 2.45) is 13.0 Å². The van der Waals surface area contributed by atoms with Crippen LogP contribution in [0.5, 0.6) is 0 Å². The lowest BCUT2D eigenvalue weighted by Crippen LogP contribution is -2.17. The highest BCUT2D eigenvalue weighted by Crippen LogP contribution is 2.31. The smallest absolute Gasteiger partial charge is 0.128 e. The van der Waals surface area contributed by atoms with E-state index in [-0.39, 0.29) is 0 Å². The number of rotatable bonds is 5. The minimum atomic E-state index is 0.698. The van der Waals surface area contributed by atoms with E-state index < -0.39 is 0 Å². The fourth-order valence-corrected chi connectivity index (χ4v) is 1.65. The van der Waals surface area contributed by atoms with Gasteiger partial charge in [-0.1, -0.05) is 24.4 Å². The van der Waals surface area contributed by atoms with E-state index in [1.165, 1.54) is 19.3 Å². The van der Waals surface area contributed by atoms with E-state index in [1.807, 2.05) is 11.6 Å².